The van der Waals surface area contributed by atoms with E-state index in [1.54, 1.807) is 13.8 Å². The van der Waals surface area contributed by atoms with Crippen LogP contribution in [-0.4, -0.2) is 36.5 Å². The Morgan fingerprint density at radius 1 is 1.11 bits per heavy atom. The zero-order valence-electron chi connectivity index (χ0n) is 10.8. The molecule has 1 heterocycles. The van der Waals surface area contributed by atoms with Crippen molar-refractivity contribution >= 4 is 12.1 Å². The maximum absolute atomic E-state index is 11.7. The topological polar surface area (TPSA) is 66.8 Å². The van der Waals surface area contributed by atoms with Gasteiger partial charge in [0.15, 0.2) is 0 Å². The molecule has 0 saturated heterocycles. The quantitative estimate of drug-likeness (QED) is 0.753. The van der Waals surface area contributed by atoms with Gasteiger partial charge in [-0.3, -0.25) is 0 Å². The molecule has 100 valence electrons. The van der Waals surface area contributed by atoms with Crippen molar-refractivity contribution in [3.05, 3.63) is 18.0 Å². The molecule has 0 aliphatic heterocycles. The van der Waals surface area contributed by atoms with Crippen LogP contribution in [0.1, 0.15) is 31.3 Å². The molecule has 0 fully saturated rings. The van der Waals surface area contributed by atoms with Gasteiger partial charge in [0.05, 0.1) is 26.0 Å². The molecule has 1 rings (SSSR count). The number of nitrogens with zero attached hydrogens (tertiary/aromatic N) is 1. The fourth-order valence-electron chi connectivity index (χ4n) is 1.39. The lowest BCUT2D eigenvalue weighted by Crippen LogP contribution is -2.19. The van der Waals surface area contributed by atoms with E-state index < -0.39 is 12.1 Å². The second kappa shape index (κ2) is 6.68. The molecule has 0 saturated carbocycles. The Morgan fingerprint density at radius 3 is 2.33 bits per heavy atom. The summed E-state index contributed by atoms with van der Waals surface area (Å²) in [4.78, 5) is 23.4. The summed E-state index contributed by atoms with van der Waals surface area (Å²) in [7, 11) is 0. The molecule has 18 heavy (non-hydrogen) atoms. The Kier molecular flexibility index (Phi) is 5.23. The van der Waals surface area contributed by atoms with E-state index in [1.165, 1.54) is 12.3 Å². The van der Waals surface area contributed by atoms with Gasteiger partial charge >= 0.3 is 12.1 Å². The lowest BCUT2D eigenvalue weighted by Gasteiger charge is -2.06. The lowest BCUT2D eigenvalue weighted by molar-refractivity contribution is 0.0511. The molecule has 0 aromatic carbocycles. The number of ether oxygens (including phenoxy) is 3. The van der Waals surface area contributed by atoms with Crippen LogP contribution in [0.15, 0.2) is 12.3 Å². The highest BCUT2D eigenvalue weighted by atomic mass is 16.6. The number of aromatic nitrogens is 1. The fourth-order valence-corrected chi connectivity index (χ4v) is 1.39. The fraction of sp³-hybridized carbons (Fsp3) is 0.500. The van der Waals surface area contributed by atoms with Crippen LogP contribution in [0.5, 0.6) is 5.75 Å². The highest BCUT2D eigenvalue weighted by molar-refractivity contribution is 5.92. The summed E-state index contributed by atoms with van der Waals surface area (Å²) >= 11 is 0. The first-order valence-electron chi connectivity index (χ1n) is 5.83. The largest absolute Gasteiger partial charge is 0.492 e. The van der Waals surface area contributed by atoms with Crippen LogP contribution in [0.25, 0.3) is 0 Å². The number of carbonyl (C=O) groups excluding carboxylic acids is 2. The molecular formula is C12H17NO5. The predicted octanol–water partition coefficient (Wildman–Crippen LogP) is 2.07. The zero-order chi connectivity index (χ0) is 13.5. The maximum Gasteiger partial charge on any atom is 0.418 e. The predicted molar refractivity (Wildman–Crippen MR) is 64.0 cm³/mol. The normalized spacial score (nSPS) is 9.94. The summed E-state index contributed by atoms with van der Waals surface area (Å²) in [6, 6.07) is 1.46. The molecule has 0 amide bonds. The van der Waals surface area contributed by atoms with E-state index in [1.807, 2.05) is 6.92 Å². The molecule has 0 spiro atoms. The summed E-state index contributed by atoms with van der Waals surface area (Å²) in [5.41, 5.74) is 0.0961. The molecular weight excluding hydrogens is 238 g/mol. The highest BCUT2D eigenvalue weighted by Crippen LogP contribution is 2.18. The average Bonchev–Trinajstić information content (AvgIpc) is 2.74. The van der Waals surface area contributed by atoms with E-state index in [2.05, 4.69) is 0 Å². The SMILES string of the molecule is CCOC(=O)c1cc(OCC)cn1C(=O)OCC. The van der Waals surface area contributed by atoms with Gasteiger partial charge < -0.3 is 14.2 Å². The lowest BCUT2D eigenvalue weighted by atomic mass is 10.4. The number of rotatable bonds is 5. The Bertz CT molecular complexity index is 389. The average molecular weight is 255 g/mol. The van der Waals surface area contributed by atoms with Gasteiger partial charge in [-0.05, 0) is 20.8 Å². The third-order valence-electron chi connectivity index (χ3n) is 2.05. The molecule has 0 aliphatic rings. The van der Waals surface area contributed by atoms with E-state index >= 15 is 0 Å². The van der Waals surface area contributed by atoms with Crippen molar-refractivity contribution in [2.24, 2.45) is 0 Å². The minimum atomic E-state index is -0.633. The molecule has 0 bridgehead atoms. The molecule has 1 aromatic heterocycles. The van der Waals surface area contributed by atoms with E-state index in [-0.39, 0.29) is 18.9 Å². The van der Waals surface area contributed by atoms with Crippen molar-refractivity contribution in [3.63, 3.8) is 0 Å². The first kappa shape index (κ1) is 14.1. The van der Waals surface area contributed by atoms with Gasteiger partial charge in [-0.25, -0.2) is 14.2 Å². The second-order valence-electron chi connectivity index (χ2n) is 3.28. The van der Waals surface area contributed by atoms with Crippen LogP contribution in [0.3, 0.4) is 0 Å². The monoisotopic (exact) mass is 255 g/mol. The smallest absolute Gasteiger partial charge is 0.418 e. The van der Waals surface area contributed by atoms with Gasteiger partial charge in [0, 0.05) is 6.07 Å². The molecule has 6 heteroatoms. The summed E-state index contributed by atoms with van der Waals surface area (Å²) < 4.78 is 16.1. The molecule has 0 radical (unpaired) electrons. The van der Waals surface area contributed by atoms with Crippen molar-refractivity contribution in [2.45, 2.75) is 20.8 Å². The van der Waals surface area contributed by atoms with E-state index in [0.717, 1.165) is 4.57 Å². The van der Waals surface area contributed by atoms with Gasteiger partial charge in [-0.15, -0.1) is 0 Å². The maximum atomic E-state index is 11.7. The van der Waals surface area contributed by atoms with Crippen molar-refractivity contribution in [1.29, 1.82) is 0 Å². The molecule has 0 N–H and O–H groups in total. The Morgan fingerprint density at radius 2 is 1.78 bits per heavy atom. The second-order valence-corrected chi connectivity index (χ2v) is 3.28. The Balaban J connectivity index is 3.04. The van der Waals surface area contributed by atoms with Gasteiger partial charge in [0.2, 0.25) is 0 Å². The van der Waals surface area contributed by atoms with Crippen LogP contribution >= 0.6 is 0 Å². The van der Waals surface area contributed by atoms with Crippen molar-refractivity contribution < 1.29 is 23.8 Å². The third-order valence-corrected chi connectivity index (χ3v) is 2.05. The van der Waals surface area contributed by atoms with E-state index in [9.17, 15) is 9.59 Å². The number of carbonyl (C=O) groups is 2. The molecule has 1 aromatic rings. The summed E-state index contributed by atoms with van der Waals surface area (Å²) in [5, 5.41) is 0. The van der Waals surface area contributed by atoms with Crippen LogP contribution in [0.2, 0.25) is 0 Å². The number of hydrogen-bond acceptors (Lipinski definition) is 5. The third kappa shape index (κ3) is 3.26. The summed E-state index contributed by atoms with van der Waals surface area (Å²) in [5.74, 6) is -0.162. The molecule has 0 atom stereocenters. The minimum absolute atomic E-state index is 0.0961. The van der Waals surface area contributed by atoms with Crippen LogP contribution in [0.4, 0.5) is 4.79 Å². The van der Waals surface area contributed by atoms with Crippen LogP contribution in [0, 0.1) is 0 Å². The van der Waals surface area contributed by atoms with E-state index in [0.29, 0.717) is 12.4 Å². The van der Waals surface area contributed by atoms with Crippen molar-refractivity contribution in [1.82, 2.24) is 4.57 Å². The molecule has 6 nitrogen and oxygen atoms in total. The molecule has 0 unspecified atom stereocenters. The van der Waals surface area contributed by atoms with Gasteiger partial charge in [-0.2, -0.15) is 0 Å². The van der Waals surface area contributed by atoms with Crippen LogP contribution < -0.4 is 4.74 Å². The summed E-state index contributed by atoms with van der Waals surface area (Å²) in [6.45, 7) is 6.09. The minimum Gasteiger partial charge on any atom is -0.492 e. The summed E-state index contributed by atoms with van der Waals surface area (Å²) in [6.07, 6.45) is 0.778. The highest BCUT2D eigenvalue weighted by Gasteiger charge is 2.20. The first-order valence-corrected chi connectivity index (χ1v) is 5.83. The Hall–Kier alpha value is -1.98. The molecule has 0 aliphatic carbocycles. The van der Waals surface area contributed by atoms with Crippen molar-refractivity contribution in [3.8, 4) is 5.75 Å². The van der Waals surface area contributed by atoms with Gasteiger partial charge in [0.25, 0.3) is 0 Å². The van der Waals surface area contributed by atoms with Crippen LogP contribution in [-0.2, 0) is 9.47 Å². The zero-order valence-corrected chi connectivity index (χ0v) is 10.8. The number of hydrogen-bond donors (Lipinski definition) is 0. The van der Waals surface area contributed by atoms with Gasteiger partial charge in [-0.1, -0.05) is 0 Å². The Labute approximate surface area is 105 Å². The first-order chi connectivity index (χ1) is 8.63. The van der Waals surface area contributed by atoms with E-state index in [4.69, 9.17) is 14.2 Å². The van der Waals surface area contributed by atoms with Crippen molar-refractivity contribution in [2.75, 3.05) is 19.8 Å². The van der Waals surface area contributed by atoms with Gasteiger partial charge in [0.1, 0.15) is 11.4 Å². The standard InChI is InChI=1S/C12H17NO5/c1-4-16-9-7-10(11(14)17-5-2)13(8-9)12(15)18-6-3/h7-8H,4-6H2,1-3H3. The number of esters is 1.